The fourth-order valence-electron chi connectivity index (χ4n) is 2.86. The molecule has 0 spiro atoms. The zero-order chi connectivity index (χ0) is 13.6. The van der Waals surface area contributed by atoms with Crippen LogP contribution >= 0.6 is 0 Å². The van der Waals surface area contributed by atoms with Gasteiger partial charge in [0.05, 0.1) is 5.92 Å². The molecule has 0 bridgehead atoms. The lowest BCUT2D eigenvalue weighted by atomic mass is 9.73. The zero-order valence-corrected chi connectivity index (χ0v) is 10.9. The number of primary amides is 1. The lowest BCUT2D eigenvalue weighted by molar-refractivity contribution is -0.145. The van der Waals surface area contributed by atoms with Gasteiger partial charge in [0.25, 0.3) is 0 Å². The molecule has 1 rings (SSSR count). The van der Waals surface area contributed by atoms with Gasteiger partial charge in [-0.15, -0.1) is 0 Å². The molecule has 1 amide bonds. The van der Waals surface area contributed by atoms with Crippen LogP contribution in [0.2, 0.25) is 0 Å². The van der Waals surface area contributed by atoms with Gasteiger partial charge < -0.3 is 16.6 Å². The molecule has 0 radical (unpaired) electrons. The van der Waals surface area contributed by atoms with Crippen molar-refractivity contribution in [3.8, 4) is 0 Å². The summed E-state index contributed by atoms with van der Waals surface area (Å²) in [6.45, 7) is 0. The summed E-state index contributed by atoms with van der Waals surface area (Å²) in [5, 5.41) is 9.33. The molecule has 1 saturated carbocycles. The minimum Gasteiger partial charge on any atom is -0.481 e. The van der Waals surface area contributed by atoms with Crippen LogP contribution in [0.1, 0.15) is 57.8 Å². The van der Waals surface area contributed by atoms with E-state index >= 15 is 0 Å². The summed E-state index contributed by atoms with van der Waals surface area (Å²) < 4.78 is 0. The van der Waals surface area contributed by atoms with Gasteiger partial charge in [-0.3, -0.25) is 9.59 Å². The van der Waals surface area contributed by atoms with Crippen LogP contribution in [0.5, 0.6) is 0 Å². The molecule has 0 aliphatic heterocycles. The molecule has 0 aromatic rings. The summed E-state index contributed by atoms with van der Waals surface area (Å²) >= 11 is 0. The summed E-state index contributed by atoms with van der Waals surface area (Å²) in [5.41, 5.74) is 10.7. The normalized spacial score (nSPS) is 21.6. The van der Waals surface area contributed by atoms with Gasteiger partial charge in [0.15, 0.2) is 0 Å². The molecule has 0 saturated heterocycles. The molecule has 1 aliphatic rings. The molecular weight excluding hydrogens is 232 g/mol. The van der Waals surface area contributed by atoms with Gasteiger partial charge in [-0.05, 0) is 19.3 Å². The first-order valence-corrected chi connectivity index (χ1v) is 6.76. The van der Waals surface area contributed by atoms with Crippen LogP contribution in [0.3, 0.4) is 0 Å². The number of rotatable bonds is 5. The monoisotopic (exact) mass is 256 g/mol. The van der Waals surface area contributed by atoms with E-state index in [-0.39, 0.29) is 12.8 Å². The van der Waals surface area contributed by atoms with Crippen molar-refractivity contribution in [1.82, 2.24) is 0 Å². The second-order valence-corrected chi connectivity index (χ2v) is 5.40. The van der Waals surface area contributed by atoms with E-state index in [1.807, 2.05) is 0 Å². The van der Waals surface area contributed by atoms with Crippen LogP contribution in [0.25, 0.3) is 0 Å². The summed E-state index contributed by atoms with van der Waals surface area (Å²) in [7, 11) is 0. The number of aliphatic carboxylic acids is 1. The third kappa shape index (κ3) is 4.29. The van der Waals surface area contributed by atoms with E-state index in [4.69, 9.17) is 11.5 Å². The molecule has 1 atom stereocenters. The van der Waals surface area contributed by atoms with E-state index < -0.39 is 23.3 Å². The molecule has 18 heavy (non-hydrogen) atoms. The van der Waals surface area contributed by atoms with Crippen molar-refractivity contribution in [2.45, 2.75) is 63.3 Å². The minimum absolute atomic E-state index is 0.0932. The Kier molecular flexibility index (Phi) is 5.59. The summed E-state index contributed by atoms with van der Waals surface area (Å²) in [6, 6.07) is 0. The van der Waals surface area contributed by atoms with Crippen LogP contribution in [0.4, 0.5) is 0 Å². The summed E-state index contributed by atoms with van der Waals surface area (Å²) in [5.74, 6) is -2.03. The van der Waals surface area contributed by atoms with Crippen molar-refractivity contribution in [2.75, 3.05) is 0 Å². The van der Waals surface area contributed by atoms with E-state index in [9.17, 15) is 14.7 Å². The number of hydrogen-bond acceptors (Lipinski definition) is 3. The number of carboxylic acid groups (broad SMARTS) is 1. The maximum Gasteiger partial charge on any atom is 0.308 e. The van der Waals surface area contributed by atoms with Crippen LogP contribution in [-0.4, -0.2) is 22.5 Å². The van der Waals surface area contributed by atoms with E-state index in [2.05, 4.69) is 0 Å². The predicted molar refractivity (Wildman–Crippen MR) is 68.8 cm³/mol. The van der Waals surface area contributed by atoms with Crippen molar-refractivity contribution in [3.05, 3.63) is 0 Å². The largest absolute Gasteiger partial charge is 0.481 e. The molecule has 1 fully saturated rings. The fraction of sp³-hybridized carbons (Fsp3) is 0.846. The predicted octanol–water partition coefficient (Wildman–Crippen LogP) is 1.39. The van der Waals surface area contributed by atoms with Gasteiger partial charge in [-0.2, -0.15) is 0 Å². The topological polar surface area (TPSA) is 106 Å². The average molecular weight is 256 g/mol. The molecule has 0 heterocycles. The number of carbonyl (C=O) groups is 2. The third-order valence-electron chi connectivity index (χ3n) is 3.96. The van der Waals surface area contributed by atoms with E-state index in [1.54, 1.807) is 0 Å². The first-order chi connectivity index (χ1) is 8.46. The Labute approximate surface area is 108 Å². The lowest BCUT2D eigenvalue weighted by Crippen LogP contribution is -2.51. The summed E-state index contributed by atoms with van der Waals surface area (Å²) in [4.78, 5) is 22.2. The molecular formula is C13H24N2O3. The first-order valence-electron chi connectivity index (χ1n) is 6.76. The Bertz CT molecular complexity index is 297. The first kappa shape index (κ1) is 15.0. The molecule has 1 unspecified atom stereocenters. The highest BCUT2D eigenvalue weighted by Crippen LogP contribution is 2.33. The van der Waals surface area contributed by atoms with Gasteiger partial charge in [0.2, 0.25) is 5.91 Å². The third-order valence-corrected chi connectivity index (χ3v) is 3.96. The second kappa shape index (κ2) is 6.73. The minimum atomic E-state index is -0.903. The van der Waals surface area contributed by atoms with Crippen molar-refractivity contribution < 1.29 is 14.7 Å². The number of amides is 1. The zero-order valence-electron chi connectivity index (χ0n) is 10.9. The van der Waals surface area contributed by atoms with E-state index in [0.29, 0.717) is 0 Å². The Morgan fingerprint density at radius 1 is 1.11 bits per heavy atom. The quantitative estimate of drug-likeness (QED) is 0.691. The maximum atomic E-state index is 11.4. The molecule has 104 valence electrons. The number of nitrogens with two attached hydrogens (primary N) is 2. The van der Waals surface area contributed by atoms with E-state index in [1.165, 1.54) is 6.42 Å². The highest BCUT2D eigenvalue weighted by atomic mass is 16.4. The smallest absolute Gasteiger partial charge is 0.308 e. The Morgan fingerprint density at radius 3 is 2.06 bits per heavy atom. The van der Waals surface area contributed by atoms with E-state index in [0.717, 1.165) is 38.5 Å². The maximum absolute atomic E-state index is 11.4. The average Bonchev–Trinajstić information content (AvgIpc) is 2.23. The van der Waals surface area contributed by atoms with Crippen molar-refractivity contribution in [1.29, 1.82) is 0 Å². The SMILES string of the molecule is NC(=O)CCC(C(=O)O)C1(N)CCCCCCC1. The van der Waals surface area contributed by atoms with Gasteiger partial charge in [0.1, 0.15) is 0 Å². The Balaban J connectivity index is 2.72. The van der Waals surface area contributed by atoms with Gasteiger partial charge in [0, 0.05) is 12.0 Å². The van der Waals surface area contributed by atoms with Crippen molar-refractivity contribution >= 4 is 11.9 Å². The van der Waals surface area contributed by atoms with Gasteiger partial charge in [-0.1, -0.05) is 32.1 Å². The molecule has 1 aliphatic carbocycles. The Hall–Kier alpha value is -1.10. The fourth-order valence-corrected chi connectivity index (χ4v) is 2.86. The number of hydrogen-bond donors (Lipinski definition) is 3. The molecule has 0 aromatic heterocycles. The second-order valence-electron chi connectivity index (χ2n) is 5.40. The highest BCUT2D eigenvalue weighted by molar-refractivity contribution is 5.76. The van der Waals surface area contributed by atoms with Gasteiger partial charge >= 0.3 is 5.97 Å². The van der Waals surface area contributed by atoms with Gasteiger partial charge in [-0.25, -0.2) is 0 Å². The highest BCUT2D eigenvalue weighted by Gasteiger charge is 2.39. The molecule has 5 nitrogen and oxygen atoms in total. The van der Waals surface area contributed by atoms with Crippen LogP contribution in [-0.2, 0) is 9.59 Å². The van der Waals surface area contributed by atoms with Crippen LogP contribution in [0.15, 0.2) is 0 Å². The standard InChI is InChI=1S/C13H24N2O3/c14-11(16)7-6-10(12(17)18)13(15)8-4-2-1-3-5-9-13/h10H,1-9,15H2,(H2,14,16)(H,17,18). The number of carboxylic acids is 1. The summed E-state index contributed by atoms with van der Waals surface area (Å²) in [6.07, 6.45) is 7.16. The molecule has 0 aromatic carbocycles. The number of carbonyl (C=O) groups excluding carboxylic acids is 1. The van der Waals surface area contributed by atoms with Crippen molar-refractivity contribution in [3.63, 3.8) is 0 Å². The lowest BCUT2D eigenvalue weighted by Gasteiger charge is -2.36. The van der Waals surface area contributed by atoms with Crippen molar-refractivity contribution in [2.24, 2.45) is 17.4 Å². The molecule has 5 heteroatoms. The Morgan fingerprint density at radius 2 is 1.61 bits per heavy atom. The van der Waals surface area contributed by atoms with Crippen LogP contribution in [0, 0.1) is 5.92 Å². The molecule has 5 N–H and O–H groups in total. The van der Waals surface area contributed by atoms with Crippen LogP contribution < -0.4 is 11.5 Å².